The number of hydrogen-bond acceptors (Lipinski definition) is 4. The highest BCUT2D eigenvalue weighted by atomic mass is 16.3. The van der Waals surface area contributed by atoms with Crippen LogP contribution in [0.3, 0.4) is 0 Å². The van der Waals surface area contributed by atoms with Crippen LogP contribution in [0, 0.1) is 5.41 Å². The Morgan fingerprint density at radius 3 is 3.00 bits per heavy atom. The zero-order valence-electron chi connectivity index (χ0n) is 10.8. The lowest BCUT2D eigenvalue weighted by atomic mass is 9.93. The topological polar surface area (TPSA) is 65.7 Å². The average molecular weight is 252 g/mol. The molecule has 1 aliphatic rings. The molecule has 0 aliphatic carbocycles. The molecule has 2 rings (SSSR count). The van der Waals surface area contributed by atoms with Crippen molar-refractivity contribution in [3.05, 3.63) is 24.2 Å². The van der Waals surface area contributed by atoms with Gasteiger partial charge in [-0.25, -0.2) is 0 Å². The van der Waals surface area contributed by atoms with Gasteiger partial charge in [0, 0.05) is 13.1 Å². The quantitative estimate of drug-likeness (QED) is 0.826. The van der Waals surface area contributed by atoms with Gasteiger partial charge in [0.2, 0.25) is 5.91 Å². The van der Waals surface area contributed by atoms with Crippen LogP contribution in [0.2, 0.25) is 0 Å². The van der Waals surface area contributed by atoms with Crippen molar-refractivity contribution in [3.63, 3.8) is 0 Å². The van der Waals surface area contributed by atoms with E-state index >= 15 is 0 Å². The van der Waals surface area contributed by atoms with E-state index in [1.54, 1.807) is 11.2 Å². The van der Waals surface area contributed by atoms with E-state index in [1.165, 1.54) is 0 Å². The van der Waals surface area contributed by atoms with Crippen molar-refractivity contribution < 1.29 is 14.3 Å². The molecule has 1 unspecified atom stereocenters. The summed E-state index contributed by atoms with van der Waals surface area (Å²) in [5.74, 6) is 0.692. The molecular weight excluding hydrogens is 232 g/mol. The zero-order chi connectivity index (χ0) is 13.2. The molecule has 0 radical (unpaired) electrons. The molecule has 1 amide bonds. The second-order valence-electron chi connectivity index (χ2n) is 5.55. The van der Waals surface area contributed by atoms with Gasteiger partial charge in [-0.15, -0.1) is 0 Å². The molecule has 0 aromatic carbocycles. The van der Waals surface area contributed by atoms with Crippen LogP contribution in [-0.4, -0.2) is 41.7 Å². The first-order valence-electron chi connectivity index (χ1n) is 6.17. The predicted octanol–water partition coefficient (Wildman–Crippen LogP) is 0.598. The minimum atomic E-state index is -0.512. The Labute approximate surface area is 107 Å². The third-order valence-corrected chi connectivity index (χ3v) is 3.17. The molecule has 2 heterocycles. The van der Waals surface area contributed by atoms with Gasteiger partial charge in [0.25, 0.3) is 0 Å². The van der Waals surface area contributed by atoms with E-state index in [1.807, 2.05) is 12.1 Å². The summed E-state index contributed by atoms with van der Waals surface area (Å²) in [6, 6.07) is 3.15. The lowest BCUT2D eigenvalue weighted by Crippen LogP contribution is -2.45. The molecule has 18 heavy (non-hydrogen) atoms. The predicted molar refractivity (Wildman–Crippen MR) is 66.8 cm³/mol. The molecule has 1 atom stereocenters. The van der Waals surface area contributed by atoms with Crippen LogP contribution < -0.4 is 5.32 Å². The van der Waals surface area contributed by atoms with Crippen LogP contribution in [0.1, 0.15) is 19.6 Å². The number of carbonyl (C=O) groups excluding carboxylic acids is 1. The maximum absolute atomic E-state index is 12.3. The van der Waals surface area contributed by atoms with Crippen molar-refractivity contribution >= 4 is 5.91 Å². The summed E-state index contributed by atoms with van der Waals surface area (Å²) in [5, 5.41) is 12.4. The summed E-state index contributed by atoms with van der Waals surface area (Å²) in [6.45, 7) is 5.83. The maximum atomic E-state index is 12.3. The van der Waals surface area contributed by atoms with Gasteiger partial charge in [-0.05, 0) is 17.5 Å². The van der Waals surface area contributed by atoms with Crippen LogP contribution in [0.15, 0.2) is 22.8 Å². The van der Waals surface area contributed by atoms with E-state index in [9.17, 15) is 9.90 Å². The molecule has 100 valence electrons. The van der Waals surface area contributed by atoms with Gasteiger partial charge in [0.1, 0.15) is 11.8 Å². The Balaban J connectivity index is 2.15. The first-order valence-corrected chi connectivity index (χ1v) is 6.17. The van der Waals surface area contributed by atoms with Crippen LogP contribution >= 0.6 is 0 Å². The van der Waals surface area contributed by atoms with Crippen LogP contribution in [-0.2, 0) is 11.3 Å². The largest absolute Gasteiger partial charge is 0.467 e. The van der Waals surface area contributed by atoms with Gasteiger partial charge < -0.3 is 19.7 Å². The molecule has 1 aromatic heterocycles. The number of carbonyl (C=O) groups is 1. The Hall–Kier alpha value is -1.33. The summed E-state index contributed by atoms with van der Waals surface area (Å²) < 4.78 is 5.29. The Morgan fingerprint density at radius 2 is 2.39 bits per heavy atom. The fourth-order valence-corrected chi connectivity index (χ4v) is 2.22. The number of hydrogen-bond donors (Lipinski definition) is 2. The lowest BCUT2D eigenvalue weighted by Gasteiger charge is -2.28. The minimum absolute atomic E-state index is 0.0217. The van der Waals surface area contributed by atoms with E-state index < -0.39 is 6.04 Å². The van der Waals surface area contributed by atoms with Crippen molar-refractivity contribution in [2.75, 3.05) is 19.7 Å². The molecule has 0 bridgehead atoms. The maximum Gasteiger partial charge on any atom is 0.242 e. The summed E-state index contributed by atoms with van der Waals surface area (Å²) >= 11 is 0. The van der Waals surface area contributed by atoms with Crippen molar-refractivity contribution in [2.24, 2.45) is 5.41 Å². The average Bonchev–Trinajstić information content (AvgIpc) is 2.77. The van der Waals surface area contributed by atoms with Crippen molar-refractivity contribution in [2.45, 2.75) is 26.4 Å². The second kappa shape index (κ2) is 5.12. The first kappa shape index (κ1) is 13.1. The molecule has 0 spiro atoms. The Morgan fingerprint density at radius 1 is 1.61 bits per heavy atom. The molecule has 0 saturated carbocycles. The van der Waals surface area contributed by atoms with E-state index in [-0.39, 0.29) is 17.9 Å². The Kier molecular flexibility index (Phi) is 3.73. The van der Waals surface area contributed by atoms with E-state index in [0.717, 1.165) is 5.76 Å². The summed E-state index contributed by atoms with van der Waals surface area (Å²) in [6.07, 6.45) is 1.60. The normalized spacial score (nSPS) is 24.1. The van der Waals surface area contributed by atoms with Gasteiger partial charge in [0.15, 0.2) is 0 Å². The van der Waals surface area contributed by atoms with Crippen molar-refractivity contribution in [1.29, 1.82) is 0 Å². The monoisotopic (exact) mass is 252 g/mol. The third-order valence-electron chi connectivity index (χ3n) is 3.17. The van der Waals surface area contributed by atoms with Crippen LogP contribution in [0.25, 0.3) is 0 Å². The molecule has 2 N–H and O–H groups in total. The summed E-state index contributed by atoms with van der Waals surface area (Å²) in [5.41, 5.74) is -0.0217. The minimum Gasteiger partial charge on any atom is -0.467 e. The molecule has 1 aromatic rings. The zero-order valence-corrected chi connectivity index (χ0v) is 10.8. The molecule has 5 heteroatoms. The van der Waals surface area contributed by atoms with Crippen molar-refractivity contribution in [3.8, 4) is 0 Å². The number of aliphatic hydroxyl groups excluding tert-OH is 1. The van der Waals surface area contributed by atoms with Crippen molar-refractivity contribution in [1.82, 2.24) is 10.2 Å². The highest BCUT2D eigenvalue weighted by molar-refractivity contribution is 5.82. The fourth-order valence-electron chi connectivity index (χ4n) is 2.22. The third kappa shape index (κ3) is 2.91. The van der Waals surface area contributed by atoms with Gasteiger partial charge >= 0.3 is 0 Å². The highest BCUT2D eigenvalue weighted by Gasteiger charge is 2.34. The molecule has 5 nitrogen and oxygen atoms in total. The number of nitrogens with one attached hydrogen (secondary N) is 1. The standard InChI is InChI=1S/C13H20N2O3/c1-13(2)8-14-11(7-16)12(17)15(9-13)6-10-4-3-5-18-10/h3-5,11,14,16H,6-9H2,1-2H3. The Bertz CT molecular complexity index is 400. The molecule has 1 saturated heterocycles. The summed E-state index contributed by atoms with van der Waals surface area (Å²) in [7, 11) is 0. The van der Waals surface area contributed by atoms with Gasteiger partial charge in [0.05, 0.1) is 19.4 Å². The van der Waals surface area contributed by atoms with Gasteiger partial charge in [-0.1, -0.05) is 13.8 Å². The molecule has 1 fully saturated rings. The van der Waals surface area contributed by atoms with Crippen LogP contribution in [0.5, 0.6) is 0 Å². The fraction of sp³-hybridized carbons (Fsp3) is 0.615. The number of amides is 1. The number of aliphatic hydroxyl groups is 1. The van der Waals surface area contributed by atoms with Gasteiger partial charge in [-0.3, -0.25) is 4.79 Å². The van der Waals surface area contributed by atoms with E-state index in [2.05, 4.69) is 19.2 Å². The number of rotatable bonds is 3. The van der Waals surface area contributed by atoms with E-state index in [4.69, 9.17) is 4.42 Å². The molecular formula is C13H20N2O3. The molecule has 1 aliphatic heterocycles. The smallest absolute Gasteiger partial charge is 0.242 e. The number of nitrogens with zero attached hydrogens (tertiary/aromatic N) is 1. The summed E-state index contributed by atoms with van der Waals surface area (Å²) in [4.78, 5) is 14.0. The van der Waals surface area contributed by atoms with E-state index in [0.29, 0.717) is 19.6 Å². The van der Waals surface area contributed by atoms with Gasteiger partial charge in [-0.2, -0.15) is 0 Å². The van der Waals surface area contributed by atoms with Crippen LogP contribution in [0.4, 0.5) is 0 Å². The highest BCUT2D eigenvalue weighted by Crippen LogP contribution is 2.21. The first-order chi connectivity index (χ1) is 8.52. The number of furan rings is 1. The lowest BCUT2D eigenvalue weighted by molar-refractivity contribution is -0.135. The second-order valence-corrected chi connectivity index (χ2v) is 5.55. The SMILES string of the molecule is CC1(C)CNC(CO)C(=O)N(Cc2ccco2)C1.